The van der Waals surface area contributed by atoms with Crippen LogP contribution in [0.5, 0.6) is 0 Å². The van der Waals surface area contributed by atoms with Crippen molar-refractivity contribution >= 4 is 17.5 Å². The summed E-state index contributed by atoms with van der Waals surface area (Å²) in [7, 11) is 0. The predicted octanol–water partition coefficient (Wildman–Crippen LogP) is 0.796. The number of anilines is 2. The maximum atomic E-state index is 10.5. The number of nitrogens with one attached hydrogen (secondary N) is 1. The molecule has 14 heavy (non-hydrogen) atoms. The molecule has 0 aromatic carbocycles. The summed E-state index contributed by atoms with van der Waals surface area (Å²) >= 11 is 0. The van der Waals surface area contributed by atoms with Gasteiger partial charge < -0.3 is 16.2 Å². The van der Waals surface area contributed by atoms with Gasteiger partial charge in [-0.05, 0) is 12.1 Å². The maximum Gasteiger partial charge on any atom is 0.308 e. The third-order valence-electron chi connectivity index (χ3n) is 1.80. The molecular formula is C9H13N3O2. The molecule has 0 saturated heterocycles. The van der Waals surface area contributed by atoms with Gasteiger partial charge in [0.2, 0.25) is 0 Å². The number of rotatable bonds is 4. The van der Waals surface area contributed by atoms with E-state index in [9.17, 15) is 4.79 Å². The van der Waals surface area contributed by atoms with Crippen LogP contribution in [0.25, 0.3) is 0 Å². The molecule has 4 N–H and O–H groups in total. The van der Waals surface area contributed by atoms with Gasteiger partial charge >= 0.3 is 5.97 Å². The lowest BCUT2D eigenvalue weighted by Gasteiger charge is -2.08. The standard InChI is InChI=1S/C9H13N3O2/c1-6(9(13)14)4-11-8-3-2-7(10)5-12-8/h2-3,5-6H,4,10H2,1H3,(H,11,12)(H,13,14). The number of aliphatic carboxylic acids is 1. The first-order chi connectivity index (χ1) is 6.59. The molecule has 0 aliphatic rings. The lowest BCUT2D eigenvalue weighted by Crippen LogP contribution is -2.19. The molecule has 5 heteroatoms. The lowest BCUT2D eigenvalue weighted by atomic mass is 10.2. The van der Waals surface area contributed by atoms with Crippen molar-refractivity contribution in [2.45, 2.75) is 6.92 Å². The molecule has 1 rings (SSSR count). The Balaban J connectivity index is 2.46. The van der Waals surface area contributed by atoms with Gasteiger partial charge in [-0.3, -0.25) is 4.79 Å². The highest BCUT2D eigenvalue weighted by molar-refractivity contribution is 5.70. The molecule has 1 heterocycles. The number of nitrogen functional groups attached to an aromatic ring is 1. The van der Waals surface area contributed by atoms with Crippen LogP contribution >= 0.6 is 0 Å². The second-order valence-corrected chi connectivity index (χ2v) is 3.10. The molecule has 0 spiro atoms. The molecule has 0 aliphatic heterocycles. The fourth-order valence-electron chi connectivity index (χ4n) is 0.855. The molecule has 5 nitrogen and oxygen atoms in total. The SMILES string of the molecule is CC(CNc1ccc(N)cn1)C(=O)O. The van der Waals surface area contributed by atoms with Gasteiger partial charge in [0.15, 0.2) is 0 Å². The Morgan fingerprint density at radius 1 is 1.71 bits per heavy atom. The van der Waals surface area contributed by atoms with Crippen LogP contribution in [-0.4, -0.2) is 22.6 Å². The van der Waals surface area contributed by atoms with Gasteiger partial charge in [-0.1, -0.05) is 6.92 Å². The number of aromatic nitrogens is 1. The molecule has 1 unspecified atom stereocenters. The fourth-order valence-corrected chi connectivity index (χ4v) is 0.855. The Kier molecular flexibility index (Phi) is 3.28. The molecular weight excluding hydrogens is 182 g/mol. The van der Waals surface area contributed by atoms with Crippen LogP contribution in [0.2, 0.25) is 0 Å². The van der Waals surface area contributed by atoms with E-state index in [4.69, 9.17) is 10.8 Å². The summed E-state index contributed by atoms with van der Waals surface area (Å²) in [6, 6.07) is 3.42. The van der Waals surface area contributed by atoms with Crippen molar-refractivity contribution in [3.8, 4) is 0 Å². The molecule has 0 bridgehead atoms. The highest BCUT2D eigenvalue weighted by Crippen LogP contribution is 2.06. The minimum Gasteiger partial charge on any atom is -0.481 e. The Morgan fingerprint density at radius 3 is 2.93 bits per heavy atom. The zero-order valence-electron chi connectivity index (χ0n) is 7.90. The van der Waals surface area contributed by atoms with Gasteiger partial charge in [0.1, 0.15) is 5.82 Å². The average molecular weight is 195 g/mol. The van der Waals surface area contributed by atoms with Crippen LogP contribution in [-0.2, 0) is 4.79 Å². The van der Waals surface area contributed by atoms with Crippen LogP contribution in [0.15, 0.2) is 18.3 Å². The van der Waals surface area contributed by atoms with Crippen LogP contribution < -0.4 is 11.1 Å². The number of carbonyl (C=O) groups is 1. The van der Waals surface area contributed by atoms with Crippen molar-refractivity contribution < 1.29 is 9.90 Å². The average Bonchev–Trinajstić information content (AvgIpc) is 2.16. The zero-order valence-corrected chi connectivity index (χ0v) is 7.90. The second kappa shape index (κ2) is 4.45. The molecule has 0 amide bonds. The van der Waals surface area contributed by atoms with E-state index in [1.807, 2.05) is 0 Å². The quantitative estimate of drug-likeness (QED) is 0.661. The fraction of sp³-hybridized carbons (Fsp3) is 0.333. The van der Waals surface area contributed by atoms with Crippen molar-refractivity contribution in [3.63, 3.8) is 0 Å². The van der Waals surface area contributed by atoms with E-state index in [1.165, 1.54) is 6.20 Å². The van der Waals surface area contributed by atoms with Gasteiger partial charge in [0.25, 0.3) is 0 Å². The lowest BCUT2D eigenvalue weighted by molar-refractivity contribution is -0.140. The molecule has 76 valence electrons. The molecule has 0 radical (unpaired) electrons. The molecule has 0 fully saturated rings. The smallest absolute Gasteiger partial charge is 0.308 e. The summed E-state index contributed by atoms with van der Waals surface area (Å²) < 4.78 is 0. The Hall–Kier alpha value is -1.78. The summed E-state index contributed by atoms with van der Waals surface area (Å²) in [5, 5.41) is 11.5. The maximum absolute atomic E-state index is 10.5. The van der Waals surface area contributed by atoms with E-state index in [2.05, 4.69) is 10.3 Å². The van der Waals surface area contributed by atoms with Gasteiger partial charge in [-0.2, -0.15) is 0 Å². The number of nitrogens with two attached hydrogens (primary N) is 1. The van der Waals surface area contributed by atoms with E-state index in [0.29, 0.717) is 18.1 Å². The number of hydrogen-bond donors (Lipinski definition) is 3. The van der Waals surface area contributed by atoms with E-state index in [0.717, 1.165) is 0 Å². The summed E-state index contributed by atoms with van der Waals surface area (Å²) in [4.78, 5) is 14.5. The highest BCUT2D eigenvalue weighted by Gasteiger charge is 2.09. The monoisotopic (exact) mass is 195 g/mol. The minimum absolute atomic E-state index is 0.353. The van der Waals surface area contributed by atoms with Crippen molar-refractivity contribution in [2.24, 2.45) is 5.92 Å². The second-order valence-electron chi connectivity index (χ2n) is 3.10. The summed E-state index contributed by atoms with van der Waals surface area (Å²) in [5.74, 6) is -0.630. The highest BCUT2D eigenvalue weighted by atomic mass is 16.4. The molecule has 1 aromatic heterocycles. The van der Waals surface area contributed by atoms with Crippen molar-refractivity contribution in [3.05, 3.63) is 18.3 Å². The number of pyridine rings is 1. The van der Waals surface area contributed by atoms with Crippen LogP contribution in [0.4, 0.5) is 11.5 Å². The van der Waals surface area contributed by atoms with E-state index in [-0.39, 0.29) is 0 Å². The number of carboxylic acid groups (broad SMARTS) is 1. The molecule has 1 atom stereocenters. The first-order valence-electron chi connectivity index (χ1n) is 4.28. The Labute approximate surface area is 82.0 Å². The van der Waals surface area contributed by atoms with Gasteiger partial charge in [0.05, 0.1) is 17.8 Å². The third kappa shape index (κ3) is 2.93. The summed E-state index contributed by atoms with van der Waals surface area (Å²) in [6.45, 7) is 1.99. The van der Waals surface area contributed by atoms with Crippen molar-refractivity contribution in [2.75, 3.05) is 17.6 Å². The molecule has 0 saturated carbocycles. The van der Waals surface area contributed by atoms with Gasteiger partial charge in [0, 0.05) is 6.54 Å². The molecule has 0 aliphatic carbocycles. The first kappa shape index (κ1) is 10.3. The Morgan fingerprint density at radius 2 is 2.43 bits per heavy atom. The minimum atomic E-state index is -0.826. The largest absolute Gasteiger partial charge is 0.481 e. The predicted molar refractivity (Wildman–Crippen MR) is 53.9 cm³/mol. The van der Waals surface area contributed by atoms with Crippen molar-refractivity contribution in [1.82, 2.24) is 4.98 Å². The Bertz CT molecular complexity index is 310. The topological polar surface area (TPSA) is 88.2 Å². The number of nitrogens with zero attached hydrogens (tertiary/aromatic N) is 1. The van der Waals surface area contributed by atoms with Crippen LogP contribution in [0.1, 0.15) is 6.92 Å². The van der Waals surface area contributed by atoms with Crippen molar-refractivity contribution in [1.29, 1.82) is 0 Å². The normalized spacial score (nSPS) is 12.1. The van der Waals surface area contributed by atoms with Crippen LogP contribution in [0.3, 0.4) is 0 Å². The van der Waals surface area contributed by atoms with Gasteiger partial charge in [-0.25, -0.2) is 4.98 Å². The third-order valence-corrected chi connectivity index (χ3v) is 1.80. The van der Waals surface area contributed by atoms with E-state index >= 15 is 0 Å². The zero-order chi connectivity index (χ0) is 10.6. The van der Waals surface area contributed by atoms with Crippen LogP contribution in [0, 0.1) is 5.92 Å². The summed E-state index contributed by atoms with van der Waals surface area (Å²) in [5.41, 5.74) is 6.03. The van der Waals surface area contributed by atoms with E-state index in [1.54, 1.807) is 19.1 Å². The van der Waals surface area contributed by atoms with E-state index < -0.39 is 11.9 Å². The molecule has 1 aromatic rings. The van der Waals surface area contributed by atoms with Gasteiger partial charge in [-0.15, -0.1) is 0 Å². The number of carboxylic acids is 1. The first-order valence-corrected chi connectivity index (χ1v) is 4.28. The number of hydrogen-bond acceptors (Lipinski definition) is 4. The summed E-state index contributed by atoms with van der Waals surface area (Å²) in [6.07, 6.45) is 1.52.